The summed E-state index contributed by atoms with van der Waals surface area (Å²) in [5.74, 6) is 0.798. The average molecular weight is 378 g/mol. The fourth-order valence-corrected chi connectivity index (χ4v) is 3.17. The molecular formula is C21H30O6. The molecule has 1 aliphatic rings. The van der Waals surface area contributed by atoms with Crippen molar-refractivity contribution >= 4 is 12.1 Å². The number of carbonyl (C=O) groups is 2. The lowest BCUT2D eigenvalue weighted by molar-refractivity contribution is -0.161. The van der Waals surface area contributed by atoms with E-state index in [4.69, 9.17) is 18.9 Å². The van der Waals surface area contributed by atoms with Crippen LogP contribution in [0, 0.1) is 20.8 Å². The normalized spacial score (nSPS) is 19.0. The summed E-state index contributed by atoms with van der Waals surface area (Å²) < 4.78 is 22.1. The van der Waals surface area contributed by atoms with E-state index in [-0.39, 0.29) is 5.97 Å². The molecule has 1 heterocycles. The Morgan fingerprint density at radius 2 is 1.74 bits per heavy atom. The van der Waals surface area contributed by atoms with Gasteiger partial charge in [0.15, 0.2) is 0 Å². The van der Waals surface area contributed by atoms with Crippen LogP contribution in [0.25, 0.3) is 0 Å². The van der Waals surface area contributed by atoms with Crippen molar-refractivity contribution in [2.75, 3.05) is 6.61 Å². The second-order valence-corrected chi connectivity index (χ2v) is 8.13. The van der Waals surface area contributed by atoms with Crippen LogP contribution in [0.2, 0.25) is 0 Å². The predicted molar refractivity (Wildman–Crippen MR) is 102 cm³/mol. The molecule has 6 nitrogen and oxygen atoms in total. The van der Waals surface area contributed by atoms with Crippen molar-refractivity contribution in [2.24, 2.45) is 0 Å². The van der Waals surface area contributed by atoms with Crippen LogP contribution in [0.3, 0.4) is 0 Å². The Hall–Kier alpha value is -2.24. The van der Waals surface area contributed by atoms with Gasteiger partial charge >= 0.3 is 12.1 Å². The Morgan fingerprint density at radius 3 is 2.30 bits per heavy atom. The maximum absolute atomic E-state index is 12.3. The number of ether oxygens (including phenoxy) is 4. The largest absolute Gasteiger partial charge is 0.514 e. The molecule has 1 aromatic rings. The summed E-state index contributed by atoms with van der Waals surface area (Å²) in [6.45, 7) is 14.9. The molecule has 1 aromatic carbocycles. The molecule has 0 spiro atoms. The highest BCUT2D eigenvalue weighted by atomic mass is 16.7. The Morgan fingerprint density at radius 1 is 1.11 bits per heavy atom. The fraction of sp³-hybridized carbons (Fsp3) is 0.619. The third-order valence-electron chi connectivity index (χ3n) is 4.77. The molecule has 27 heavy (non-hydrogen) atoms. The molecule has 150 valence electrons. The zero-order chi connectivity index (χ0) is 20.6. The number of fused-ring (bicyclic) bond motifs is 1. The smallest absolute Gasteiger partial charge is 0.475 e. The quantitative estimate of drug-likeness (QED) is 0.567. The van der Waals surface area contributed by atoms with E-state index in [9.17, 15) is 9.59 Å². The Kier molecular flexibility index (Phi) is 5.78. The van der Waals surface area contributed by atoms with Crippen molar-refractivity contribution in [1.29, 1.82) is 0 Å². The summed E-state index contributed by atoms with van der Waals surface area (Å²) in [4.78, 5) is 24.5. The number of rotatable bonds is 3. The molecule has 1 aliphatic heterocycles. The first kappa shape index (κ1) is 21.1. The summed E-state index contributed by atoms with van der Waals surface area (Å²) in [5.41, 5.74) is 1.74. The number of benzene rings is 1. The predicted octanol–water partition coefficient (Wildman–Crippen LogP) is 4.57. The van der Waals surface area contributed by atoms with Gasteiger partial charge in [-0.15, -0.1) is 0 Å². The highest BCUT2D eigenvalue weighted by molar-refractivity contribution is 5.80. The van der Waals surface area contributed by atoms with E-state index in [0.717, 1.165) is 22.3 Å². The fourth-order valence-electron chi connectivity index (χ4n) is 3.17. The van der Waals surface area contributed by atoms with Gasteiger partial charge in [-0.05, 0) is 78.5 Å². The molecule has 0 amide bonds. The average Bonchev–Trinajstić information content (AvgIpc) is 2.55. The molecule has 0 N–H and O–H groups in total. The van der Waals surface area contributed by atoms with Crippen molar-refractivity contribution < 1.29 is 28.5 Å². The second kappa shape index (κ2) is 7.41. The Labute approximate surface area is 161 Å². The van der Waals surface area contributed by atoms with E-state index in [1.807, 2.05) is 20.8 Å². The zero-order valence-electron chi connectivity index (χ0n) is 17.6. The molecule has 0 fully saturated rings. The minimum absolute atomic E-state index is 0.310. The third-order valence-corrected chi connectivity index (χ3v) is 4.77. The summed E-state index contributed by atoms with van der Waals surface area (Å²) in [6.07, 6.45) is 0.386. The molecule has 0 saturated heterocycles. The van der Waals surface area contributed by atoms with Crippen LogP contribution in [0.4, 0.5) is 4.79 Å². The summed E-state index contributed by atoms with van der Waals surface area (Å²) in [5, 5.41) is 0. The van der Waals surface area contributed by atoms with Gasteiger partial charge in [0.25, 0.3) is 0 Å². The number of hydrogen-bond acceptors (Lipinski definition) is 6. The van der Waals surface area contributed by atoms with Crippen molar-refractivity contribution in [2.45, 2.75) is 79.4 Å². The first-order valence-corrected chi connectivity index (χ1v) is 9.29. The van der Waals surface area contributed by atoms with Crippen LogP contribution in [0.1, 0.15) is 63.3 Å². The summed E-state index contributed by atoms with van der Waals surface area (Å²) in [6, 6.07) is 0. The van der Waals surface area contributed by atoms with Crippen LogP contribution in [-0.4, -0.2) is 29.9 Å². The van der Waals surface area contributed by atoms with Gasteiger partial charge in [0.1, 0.15) is 17.1 Å². The van der Waals surface area contributed by atoms with Gasteiger partial charge < -0.3 is 18.9 Å². The van der Waals surface area contributed by atoms with Gasteiger partial charge in [-0.2, -0.15) is 0 Å². The van der Waals surface area contributed by atoms with E-state index in [1.165, 1.54) is 0 Å². The van der Waals surface area contributed by atoms with E-state index in [0.29, 0.717) is 30.9 Å². The van der Waals surface area contributed by atoms with Gasteiger partial charge in [-0.3, -0.25) is 0 Å². The molecule has 2 rings (SSSR count). The van der Waals surface area contributed by atoms with E-state index in [1.54, 1.807) is 34.6 Å². The second-order valence-electron chi connectivity index (χ2n) is 8.13. The molecule has 0 aliphatic carbocycles. The first-order valence-electron chi connectivity index (χ1n) is 9.29. The molecule has 6 heteroatoms. The number of carbonyl (C=O) groups excluding carboxylic acids is 2. The summed E-state index contributed by atoms with van der Waals surface area (Å²) >= 11 is 0. The van der Waals surface area contributed by atoms with Gasteiger partial charge in [-0.25, -0.2) is 9.59 Å². The SMILES string of the molecule is CCOC(=O)C1(C)CCc2c(C)c(OC(=O)OC(C)(C)C)c(C)c(C)c2O1. The lowest BCUT2D eigenvalue weighted by atomic mass is 9.87. The topological polar surface area (TPSA) is 71.1 Å². The third kappa shape index (κ3) is 4.37. The summed E-state index contributed by atoms with van der Waals surface area (Å²) in [7, 11) is 0. The minimum Gasteiger partial charge on any atom is -0.475 e. The number of hydrogen-bond donors (Lipinski definition) is 0. The van der Waals surface area contributed by atoms with Crippen LogP contribution >= 0.6 is 0 Å². The molecule has 1 unspecified atom stereocenters. The molecule has 0 aromatic heterocycles. The molecular weight excluding hydrogens is 348 g/mol. The highest BCUT2D eigenvalue weighted by Gasteiger charge is 2.42. The van der Waals surface area contributed by atoms with Crippen molar-refractivity contribution in [3.8, 4) is 11.5 Å². The van der Waals surface area contributed by atoms with Crippen molar-refractivity contribution in [3.63, 3.8) is 0 Å². The number of esters is 1. The van der Waals surface area contributed by atoms with Gasteiger partial charge in [0, 0.05) is 12.0 Å². The van der Waals surface area contributed by atoms with Crippen molar-refractivity contribution in [1.82, 2.24) is 0 Å². The minimum atomic E-state index is -1.01. The molecule has 0 saturated carbocycles. The van der Waals surface area contributed by atoms with Crippen molar-refractivity contribution in [3.05, 3.63) is 22.3 Å². The van der Waals surface area contributed by atoms with Crippen LogP contribution in [-0.2, 0) is 20.7 Å². The van der Waals surface area contributed by atoms with E-state index >= 15 is 0 Å². The van der Waals surface area contributed by atoms with Gasteiger partial charge in [-0.1, -0.05) is 0 Å². The highest BCUT2D eigenvalue weighted by Crippen LogP contribution is 2.44. The maximum atomic E-state index is 12.3. The molecule has 1 atom stereocenters. The lowest BCUT2D eigenvalue weighted by Crippen LogP contribution is -2.46. The maximum Gasteiger partial charge on any atom is 0.514 e. The molecule has 0 radical (unpaired) electrons. The zero-order valence-corrected chi connectivity index (χ0v) is 17.6. The lowest BCUT2D eigenvalue weighted by Gasteiger charge is -2.36. The van der Waals surface area contributed by atoms with Crippen LogP contribution in [0.5, 0.6) is 11.5 Å². The van der Waals surface area contributed by atoms with Crippen LogP contribution in [0.15, 0.2) is 0 Å². The van der Waals surface area contributed by atoms with Crippen LogP contribution < -0.4 is 9.47 Å². The van der Waals surface area contributed by atoms with Gasteiger partial charge in [0.2, 0.25) is 5.60 Å². The Bertz CT molecular complexity index is 759. The van der Waals surface area contributed by atoms with Gasteiger partial charge in [0.05, 0.1) is 6.61 Å². The standard InChI is InChI=1S/C21H30O6/c1-9-24-18(22)21(8)11-10-15-14(4)16(12(2)13(3)17(15)26-21)25-19(23)27-20(5,6)7/h9-11H2,1-8H3. The Balaban J connectivity index is 2.39. The molecule has 0 bridgehead atoms. The van der Waals surface area contributed by atoms with E-state index < -0.39 is 17.4 Å². The monoisotopic (exact) mass is 378 g/mol. The first-order chi connectivity index (χ1) is 12.4. The van der Waals surface area contributed by atoms with E-state index in [2.05, 4.69) is 0 Å².